The summed E-state index contributed by atoms with van der Waals surface area (Å²) in [6, 6.07) is -0.672. The van der Waals surface area contributed by atoms with Crippen molar-refractivity contribution in [2.75, 3.05) is 37.5 Å². The van der Waals surface area contributed by atoms with Gasteiger partial charge in [-0.25, -0.2) is 27.3 Å². The zero-order valence-corrected chi connectivity index (χ0v) is 24.1. The standard InChI is InChI=1S/C28H31F7N6O4/c1-36-20(42)11-38-19-7-8-37-25(22(19)28(33,34)35)41-12-16(21-17(29)9-15(45-2)10-18(21)30)23(26(41)43)40-27(44)39-14-5-3-13(4-6-14)24(31)32/h7-10,13-14,16,23-24H,3-6,11-12H2,1-2H3,(H,36,42)(H,37,38)(H2,39,40,44)/t13?,14?,16-,23-/m0/s1. The van der Waals surface area contributed by atoms with Crippen LogP contribution in [-0.2, 0) is 15.8 Å². The highest BCUT2D eigenvalue weighted by Gasteiger charge is 2.49. The summed E-state index contributed by atoms with van der Waals surface area (Å²) in [6.45, 7) is -1.27. The lowest BCUT2D eigenvalue weighted by Crippen LogP contribution is -2.51. The lowest BCUT2D eigenvalue weighted by Gasteiger charge is -2.29. The Balaban J connectivity index is 1.69. The van der Waals surface area contributed by atoms with Crippen LogP contribution in [0.3, 0.4) is 0 Å². The van der Waals surface area contributed by atoms with Crippen LogP contribution in [0.25, 0.3) is 0 Å². The van der Waals surface area contributed by atoms with Gasteiger partial charge in [0.15, 0.2) is 0 Å². The first-order valence-corrected chi connectivity index (χ1v) is 13.9. The van der Waals surface area contributed by atoms with Crippen LogP contribution in [0.5, 0.6) is 5.75 Å². The molecule has 0 radical (unpaired) electrons. The molecule has 1 aliphatic carbocycles. The van der Waals surface area contributed by atoms with E-state index in [1.54, 1.807) is 0 Å². The third-order valence-electron chi connectivity index (χ3n) is 7.91. The van der Waals surface area contributed by atoms with E-state index in [1.165, 1.54) is 7.05 Å². The van der Waals surface area contributed by atoms with Gasteiger partial charge < -0.3 is 26.0 Å². The minimum Gasteiger partial charge on any atom is -0.497 e. The van der Waals surface area contributed by atoms with Crippen LogP contribution in [0.15, 0.2) is 24.4 Å². The number of pyridine rings is 1. The lowest BCUT2D eigenvalue weighted by molar-refractivity contribution is -0.136. The molecule has 1 saturated heterocycles. The van der Waals surface area contributed by atoms with E-state index >= 15 is 8.78 Å². The number of hydrogen-bond acceptors (Lipinski definition) is 6. The molecule has 10 nitrogen and oxygen atoms in total. The SMILES string of the molecule is CNC(=O)CNc1ccnc(N2C[C@@H](c3c(F)cc(OC)cc3F)[C@H](NC(=O)NC3CCC(C(F)F)CC3)C2=O)c1C(F)(F)F. The monoisotopic (exact) mass is 648 g/mol. The van der Waals surface area contributed by atoms with Crippen molar-refractivity contribution in [1.29, 1.82) is 0 Å². The maximum absolute atomic E-state index is 15.3. The molecule has 2 aliphatic rings. The summed E-state index contributed by atoms with van der Waals surface area (Å²) in [7, 11) is 2.44. The van der Waals surface area contributed by atoms with Gasteiger partial charge in [0.2, 0.25) is 12.3 Å². The fraction of sp³-hybridized carbons (Fsp3) is 0.500. The summed E-state index contributed by atoms with van der Waals surface area (Å²) in [4.78, 5) is 42.7. The van der Waals surface area contributed by atoms with Crippen molar-refractivity contribution in [1.82, 2.24) is 20.9 Å². The molecule has 2 atom stereocenters. The van der Waals surface area contributed by atoms with Crippen molar-refractivity contribution in [2.45, 2.75) is 56.3 Å². The van der Waals surface area contributed by atoms with E-state index in [9.17, 15) is 36.3 Å². The second kappa shape index (κ2) is 13.8. The predicted molar refractivity (Wildman–Crippen MR) is 147 cm³/mol. The van der Waals surface area contributed by atoms with Gasteiger partial charge in [0, 0.05) is 55.4 Å². The maximum Gasteiger partial charge on any atom is 0.421 e. The number of carbonyl (C=O) groups is 3. The molecule has 45 heavy (non-hydrogen) atoms. The lowest BCUT2D eigenvalue weighted by atomic mass is 9.86. The van der Waals surface area contributed by atoms with Gasteiger partial charge in [-0.05, 0) is 31.7 Å². The van der Waals surface area contributed by atoms with Crippen LogP contribution in [-0.4, -0.2) is 68.6 Å². The van der Waals surface area contributed by atoms with E-state index < -0.39 is 102 Å². The van der Waals surface area contributed by atoms with Crippen molar-refractivity contribution in [2.24, 2.45) is 5.92 Å². The molecular formula is C28H31F7N6O4. The maximum atomic E-state index is 15.3. The molecular weight excluding hydrogens is 617 g/mol. The number of hydrogen-bond donors (Lipinski definition) is 4. The van der Waals surface area contributed by atoms with E-state index in [2.05, 4.69) is 26.3 Å². The zero-order valence-electron chi connectivity index (χ0n) is 24.1. The number of nitrogens with zero attached hydrogens (tertiary/aromatic N) is 2. The van der Waals surface area contributed by atoms with Crippen molar-refractivity contribution in [3.05, 3.63) is 47.2 Å². The number of likely N-dealkylation sites (N-methyl/N-ethyl adjacent to an activating group) is 1. The number of methoxy groups -OCH3 is 1. The Bertz CT molecular complexity index is 1400. The number of ether oxygens (including phenoxy) is 1. The van der Waals surface area contributed by atoms with E-state index in [1.807, 2.05) is 0 Å². The average molecular weight is 649 g/mol. The highest BCUT2D eigenvalue weighted by atomic mass is 19.4. The van der Waals surface area contributed by atoms with Gasteiger partial charge in [0.25, 0.3) is 5.91 Å². The Kier molecular flexibility index (Phi) is 10.3. The molecule has 246 valence electrons. The van der Waals surface area contributed by atoms with Gasteiger partial charge in [-0.1, -0.05) is 0 Å². The summed E-state index contributed by atoms with van der Waals surface area (Å²) in [5.74, 6) is -7.60. The van der Waals surface area contributed by atoms with Crippen molar-refractivity contribution in [3.63, 3.8) is 0 Å². The molecule has 4 amide bonds. The summed E-state index contributed by atoms with van der Waals surface area (Å²) in [5.41, 5.74) is -2.69. The van der Waals surface area contributed by atoms with Crippen molar-refractivity contribution >= 4 is 29.4 Å². The number of rotatable bonds is 9. The van der Waals surface area contributed by atoms with Gasteiger partial charge in [0.1, 0.15) is 34.8 Å². The molecule has 1 saturated carbocycles. The molecule has 4 N–H and O–H groups in total. The number of carbonyl (C=O) groups excluding carboxylic acids is 3. The predicted octanol–water partition coefficient (Wildman–Crippen LogP) is 4.17. The first-order valence-electron chi connectivity index (χ1n) is 13.9. The third-order valence-corrected chi connectivity index (χ3v) is 7.91. The van der Waals surface area contributed by atoms with Crippen LogP contribution in [0.4, 0.5) is 47.0 Å². The number of benzene rings is 1. The highest BCUT2D eigenvalue weighted by molar-refractivity contribution is 6.03. The summed E-state index contributed by atoms with van der Waals surface area (Å²) in [6.07, 6.45) is -5.96. The van der Waals surface area contributed by atoms with E-state index in [0.717, 1.165) is 31.5 Å². The topological polar surface area (TPSA) is 125 Å². The second-order valence-corrected chi connectivity index (χ2v) is 10.7. The summed E-state index contributed by atoms with van der Waals surface area (Å²) >= 11 is 0. The highest BCUT2D eigenvalue weighted by Crippen LogP contribution is 2.44. The van der Waals surface area contributed by atoms with Gasteiger partial charge in [0.05, 0.1) is 19.3 Å². The van der Waals surface area contributed by atoms with Crippen LogP contribution in [0, 0.1) is 17.6 Å². The Labute approximate surface area is 253 Å². The molecule has 0 unspecified atom stereocenters. The number of amides is 4. The fourth-order valence-corrected chi connectivity index (χ4v) is 5.61. The number of nitrogens with one attached hydrogen (secondary N) is 4. The van der Waals surface area contributed by atoms with Gasteiger partial charge >= 0.3 is 12.2 Å². The largest absolute Gasteiger partial charge is 0.497 e. The van der Waals surface area contributed by atoms with Gasteiger partial charge in [-0.15, -0.1) is 0 Å². The molecule has 2 aromatic rings. The number of anilines is 2. The van der Waals surface area contributed by atoms with Gasteiger partial charge in [-0.3, -0.25) is 14.5 Å². The van der Waals surface area contributed by atoms with Crippen LogP contribution in [0.2, 0.25) is 0 Å². The number of aromatic nitrogens is 1. The normalized spacial score (nSPS) is 21.9. The van der Waals surface area contributed by atoms with E-state index in [-0.39, 0.29) is 31.4 Å². The smallest absolute Gasteiger partial charge is 0.421 e. The molecule has 2 fully saturated rings. The molecule has 2 heterocycles. The number of halogens is 7. The third kappa shape index (κ3) is 7.50. The quantitative estimate of drug-likeness (QED) is 0.303. The minimum atomic E-state index is -5.11. The zero-order chi connectivity index (χ0) is 33.1. The molecule has 0 bridgehead atoms. The number of alkyl halides is 5. The first-order chi connectivity index (χ1) is 21.2. The summed E-state index contributed by atoms with van der Waals surface area (Å²) in [5, 5.41) is 9.49. The van der Waals surface area contributed by atoms with Crippen LogP contribution >= 0.6 is 0 Å². The van der Waals surface area contributed by atoms with Crippen LogP contribution < -0.4 is 30.9 Å². The first kappa shape index (κ1) is 33.6. The molecule has 4 rings (SSSR count). The molecule has 1 aliphatic heterocycles. The number of urea groups is 1. The summed E-state index contributed by atoms with van der Waals surface area (Å²) < 4.78 is 105. The Morgan fingerprint density at radius 3 is 2.29 bits per heavy atom. The van der Waals surface area contributed by atoms with Gasteiger partial charge in [-0.2, -0.15) is 13.2 Å². The fourth-order valence-electron chi connectivity index (χ4n) is 5.61. The van der Waals surface area contributed by atoms with Crippen molar-refractivity contribution in [3.8, 4) is 5.75 Å². The molecule has 1 aromatic carbocycles. The van der Waals surface area contributed by atoms with E-state index in [0.29, 0.717) is 4.90 Å². The Morgan fingerprint density at radius 2 is 1.73 bits per heavy atom. The van der Waals surface area contributed by atoms with Crippen LogP contribution in [0.1, 0.15) is 42.7 Å². The Hall–Kier alpha value is -4.31. The second-order valence-electron chi connectivity index (χ2n) is 10.7. The Morgan fingerprint density at radius 1 is 1.09 bits per heavy atom. The molecule has 17 heteroatoms. The molecule has 1 aromatic heterocycles. The van der Waals surface area contributed by atoms with E-state index in [4.69, 9.17) is 4.74 Å². The average Bonchev–Trinajstić information content (AvgIpc) is 3.29. The molecule has 0 spiro atoms. The van der Waals surface area contributed by atoms with Crippen molar-refractivity contribution < 1.29 is 49.9 Å². The minimum absolute atomic E-state index is 0.139.